The predicted molar refractivity (Wildman–Crippen MR) is 76.7 cm³/mol. The number of ether oxygens (including phenoxy) is 3. The fourth-order valence-corrected chi connectivity index (χ4v) is 1.58. The summed E-state index contributed by atoms with van der Waals surface area (Å²) in [5, 5.41) is 3.35. The molecule has 0 bridgehead atoms. The molecule has 0 aliphatic carbocycles. The molecule has 19 heavy (non-hydrogen) atoms. The van der Waals surface area contributed by atoms with E-state index in [-0.39, 0.29) is 0 Å². The zero-order chi connectivity index (χ0) is 13.6. The Kier molecular flexibility index (Phi) is 10.0. The van der Waals surface area contributed by atoms with E-state index in [0.29, 0.717) is 19.8 Å². The Labute approximate surface area is 116 Å². The van der Waals surface area contributed by atoms with Gasteiger partial charge in [-0.3, -0.25) is 0 Å². The van der Waals surface area contributed by atoms with Crippen molar-refractivity contribution in [2.75, 3.05) is 46.6 Å². The molecular weight excluding hydrogens is 242 g/mol. The number of para-hydroxylation sites is 1. The zero-order valence-electron chi connectivity index (χ0n) is 11.8. The molecule has 1 rings (SSSR count). The van der Waals surface area contributed by atoms with Crippen molar-refractivity contribution in [1.82, 2.24) is 5.32 Å². The van der Waals surface area contributed by atoms with Gasteiger partial charge in [0.2, 0.25) is 0 Å². The van der Waals surface area contributed by atoms with E-state index in [0.717, 1.165) is 38.3 Å². The van der Waals surface area contributed by atoms with Crippen LogP contribution in [0.25, 0.3) is 0 Å². The van der Waals surface area contributed by atoms with Crippen molar-refractivity contribution in [2.24, 2.45) is 0 Å². The van der Waals surface area contributed by atoms with E-state index in [4.69, 9.17) is 14.2 Å². The second-order valence-electron chi connectivity index (χ2n) is 4.22. The number of hydrogen-bond donors (Lipinski definition) is 1. The Balaban J connectivity index is 1.79. The first-order valence-corrected chi connectivity index (χ1v) is 6.88. The first kappa shape index (κ1) is 16.0. The molecule has 0 radical (unpaired) electrons. The summed E-state index contributed by atoms with van der Waals surface area (Å²) in [6.07, 6.45) is 2.20. The van der Waals surface area contributed by atoms with Crippen molar-refractivity contribution in [3.05, 3.63) is 30.3 Å². The third-order valence-electron chi connectivity index (χ3n) is 2.61. The summed E-state index contributed by atoms with van der Waals surface area (Å²) < 4.78 is 15.9. The molecule has 1 aromatic carbocycles. The normalized spacial score (nSPS) is 10.6. The van der Waals surface area contributed by atoms with E-state index < -0.39 is 0 Å². The van der Waals surface area contributed by atoms with Gasteiger partial charge in [0.25, 0.3) is 0 Å². The van der Waals surface area contributed by atoms with Gasteiger partial charge in [-0.1, -0.05) is 18.2 Å². The third-order valence-corrected chi connectivity index (χ3v) is 2.61. The fourth-order valence-electron chi connectivity index (χ4n) is 1.58. The fraction of sp³-hybridized carbons (Fsp3) is 0.600. The average Bonchev–Trinajstić information content (AvgIpc) is 2.46. The van der Waals surface area contributed by atoms with Gasteiger partial charge in [-0.05, 0) is 31.5 Å². The van der Waals surface area contributed by atoms with E-state index in [1.54, 1.807) is 7.11 Å². The zero-order valence-corrected chi connectivity index (χ0v) is 11.8. The lowest BCUT2D eigenvalue weighted by molar-refractivity contribution is 0.0688. The Morgan fingerprint density at radius 3 is 2.53 bits per heavy atom. The minimum absolute atomic E-state index is 0.676. The van der Waals surface area contributed by atoms with Gasteiger partial charge in [0, 0.05) is 20.3 Å². The van der Waals surface area contributed by atoms with Crippen LogP contribution in [-0.4, -0.2) is 46.6 Å². The largest absolute Gasteiger partial charge is 0.492 e. The Morgan fingerprint density at radius 2 is 1.74 bits per heavy atom. The van der Waals surface area contributed by atoms with Crippen molar-refractivity contribution in [2.45, 2.75) is 12.8 Å². The maximum absolute atomic E-state index is 5.58. The molecule has 0 spiro atoms. The smallest absolute Gasteiger partial charge is 0.119 e. The Morgan fingerprint density at radius 1 is 0.895 bits per heavy atom. The molecule has 0 aromatic heterocycles. The van der Waals surface area contributed by atoms with Crippen LogP contribution in [0.1, 0.15) is 12.8 Å². The SMILES string of the molecule is COCCOCCCCNCCOc1ccccc1. The molecule has 0 unspecified atom stereocenters. The van der Waals surface area contributed by atoms with Gasteiger partial charge in [0.15, 0.2) is 0 Å². The van der Waals surface area contributed by atoms with Crippen LogP contribution >= 0.6 is 0 Å². The highest BCUT2D eigenvalue weighted by molar-refractivity contribution is 5.20. The highest BCUT2D eigenvalue weighted by Gasteiger charge is 1.93. The van der Waals surface area contributed by atoms with Crippen molar-refractivity contribution in [3.63, 3.8) is 0 Å². The van der Waals surface area contributed by atoms with Crippen LogP contribution in [0.3, 0.4) is 0 Å². The standard InChI is InChI=1S/C15H25NO3/c1-17-13-14-18-11-6-5-9-16-10-12-19-15-7-3-2-4-8-15/h2-4,7-8,16H,5-6,9-14H2,1H3. The summed E-state index contributed by atoms with van der Waals surface area (Å²) in [5.74, 6) is 0.927. The minimum atomic E-state index is 0.676. The van der Waals surface area contributed by atoms with Gasteiger partial charge in [0.05, 0.1) is 13.2 Å². The Hall–Kier alpha value is -1.10. The summed E-state index contributed by atoms with van der Waals surface area (Å²) in [6, 6.07) is 9.88. The lowest BCUT2D eigenvalue weighted by atomic mass is 10.3. The molecule has 0 aliphatic rings. The van der Waals surface area contributed by atoms with Crippen LogP contribution in [0.4, 0.5) is 0 Å². The predicted octanol–water partition coefficient (Wildman–Crippen LogP) is 2.10. The summed E-state index contributed by atoms with van der Waals surface area (Å²) in [4.78, 5) is 0. The van der Waals surface area contributed by atoms with Crippen LogP contribution in [0.5, 0.6) is 5.75 Å². The van der Waals surface area contributed by atoms with E-state index in [1.165, 1.54) is 0 Å². The first-order valence-electron chi connectivity index (χ1n) is 6.88. The first-order chi connectivity index (χ1) is 9.43. The minimum Gasteiger partial charge on any atom is -0.492 e. The van der Waals surface area contributed by atoms with Gasteiger partial charge in [-0.2, -0.15) is 0 Å². The molecule has 0 aliphatic heterocycles. The maximum Gasteiger partial charge on any atom is 0.119 e. The number of benzene rings is 1. The maximum atomic E-state index is 5.58. The molecule has 0 fully saturated rings. The van der Waals surface area contributed by atoms with Crippen LogP contribution in [-0.2, 0) is 9.47 Å². The molecule has 0 saturated heterocycles. The highest BCUT2D eigenvalue weighted by atomic mass is 16.5. The number of unbranched alkanes of at least 4 members (excludes halogenated alkanes) is 1. The van der Waals surface area contributed by atoms with E-state index >= 15 is 0 Å². The number of methoxy groups -OCH3 is 1. The third kappa shape index (κ3) is 9.47. The summed E-state index contributed by atoms with van der Waals surface area (Å²) >= 11 is 0. The molecule has 4 nitrogen and oxygen atoms in total. The number of nitrogens with one attached hydrogen (secondary N) is 1. The van der Waals surface area contributed by atoms with Crippen LogP contribution < -0.4 is 10.1 Å². The van der Waals surface area contributed by atoms with Crippen molar-refractivity contribution < 1.29 is 14.2 Å². The van der Waals surface area contributed by atoms with E-state index in [2.05, 4.69) is 5.32 Å². The number of hydrogen-bond acceptors (Lipinski definition) is 4. The summed E-state index contributed by atoms with van der Waals surface area (Å²) in [7, 11) is 1.69. The quantitative estimate of drug-likeness (QED) is 0.589. The van der Waals surface area contributed by atoms with Gasteiger partial charge < -0.3 is 19.5 Å². The van der Waals surface area contributed by atoms with Crippen molar-refractivity contribution in [1.29, 1.82) is 0 Å². The topological polar surface area (TPSA) is 39.7 Å². The van der Waals surface area contributed by atoms with E-state index in [9.17, 15) is 0 Å². The molecule has 0 saturated carbocycles. The average molecular weight is 267 g/mol. The van der Waals surface area contributed by atoms with Gasteiger partial charge >= 0.3 is 0 Å². The molecule has 0 atom stereocenters. The molecule has 0 amide bonds. The van der Waals surface area contributed by atoms with Gasteiger partial charge in [-0.15, -0.1) is 0 Å². The summed E-state index contributed by atoms with van der Waals surface area (Å²) in [6.45, 7) is 4.76. The van der Waals surface area contributed by atoms with Gasteiger partial charge in [-0.25, -0.2) is 0 Å². The second-order valence-corrected chi connectivity index (χ2v) is 4.22. The molecular formula is C15H25NO3. The van der Waals surface area contributed by atoms with Gasteiger partial charge in [0.1, 0.15) is 12.4 Å². The number of rotatable bonds is 12. The molecule has 1 aromatic rings. The van der Waals surface area contributed by atoms with Crippen LogP contribution in [0, 0.1) is 0 Å². The van der Waals surface area contributed by atoms with Crippen LogP contribution in [0.15, 0.2) is 30.3 Å². The Bertz CT molecular complexity index is 293. The molecule has 1 N–H and O–H groups in total. The lowest BCUT2D eigenvalue weighted by Crippen LogP contribution is -2.22. The molecule has 4 heteroatoms. The van der Waals surface area contributed by atoms with Crippen LogP contribution in [0.2, 0.25) is 0 Å². The highest BCUT2D eigenvalue weighted by Crippen LogP contribution is 2.07. The summed E-state index contributed by atoms with van der Waals surface area (Å²) in [5.41, 5.74) is 0. The molecule has 0 heterocycles. The second kappa shape index (κ2) is 12.0. The monoisotopic (exact) mass is 267 g/mol. The molecule has 108 valence electrons. The lowest BCUT2D eigenvalue weighted by Gasteiger charge is -2.07. The van der Waals surface area contributed by atoms with Crippen molar-refractivity contribution in [3.8, 4) is 5.75 Å². The van der Waals surface area contributed by atoms with Crippen molar-refractivity contribution >= 4 is 0 Å². The van der Waals surface area contributed by atoms with E-state index in [1.807, 2.05) is 30.3 Å².